The van der Waals surface area contributed by atoms with Gasteiger partial charge in [0, 0.05) is 6.54 Å². The van der Waals surface area contributed by atoms with Crippen LogP contribution in [0.5, 0.6) is 5.75 Å². The van der Waals surface area contributed by atoms with Gasteiger partial charge in [-0.25, -0.2) is 0 Å². The minimum atomic E-state index is 0.666. The number of benzene rings is 1. The minimum Gasteiger partial charge on any atom is -0.494 e. The van der Waals surface area contributed by atoms with Gasteiger partial charge in [0.25, 0.3) is 0 Å². The molecular formula is C14H21NO. The van der Waals surface area contributed by atoms with Crippen LogP contribution >= 0.6 is 0 Å². The van der Waals surface area contributed by atoms with Gasteiger partial charge in [0.1, 0.15) is 5.75 Å². The van der Waals surface area contributed by atoms with Crippen molar-refractivity contribution in [2.24, 2.45) is 0 Å². The van der Waals surface area contributed by atoms with E-state index in [9.17, 15) is 0 Å². The second-order valence-electron chi connectivity index (χ2n) is 4.46. The van der Waals surface area contributed by atoms with E-state index in [-0.39, 0.29) is 0 Å². The summed E-state index contributed by atoms with van der Waals surface area (Å²) in [6.45, 7) is 5.22. The lowest BCUT2D eigenvalue weighted by Gasteiger charge is -2.23. The van der Waals surface area contributed by atoms with E-state index in [1.165, 1.54) is 24.9 Å². The molecule has 1 aliphatic heterocycles. The standard InChI is InChI=1S/C14H21NO/c1-2-9-16-14-7-3-5-12(10-14)13-6-4-8-15-11-13/h3,5,7,10,13,15H,2,4,6,8-9,11H2,1H3. The van der Waals surface area contributed by atoms with E-state index in [4.69, 9.17) is 4.74 Å². The minimum absolute atomic E-state index is 0.666. The third-order valence-corrected chi connectivity index (χ3v) is 3.10. The molecule has 2 rings (SSSR count). The first-order chi connectivity index (χ1) is 7.90. The molecule has 1 aromatic carbocycles. The molecule has 16 heavy (non-hydrogen) atoms. The van der Waals surface area contributed by atoms with E-state index in [2.05, 4.69) is 36.5 Å². The Morgan fingerprint density at radius 3 is 3.12 bits per heavy atom. The van der Waals surface area contributed by atoms with Gasteiger partial charge >= 0.3 is 0 Å². The SMILES string of the molecule is CCCOc1cccc(C2CCCNC2)c1. The molecule has 1 heterocycles. The summed E-state index contributed by atoms with van der Waals surface area (Å²) in [5.41, 5.74) is 1.42. The average molecular weight is 219 g/mol. The summed E-state index contributed by atoms with van der Waals surface area (Å²) in [6, 6.07) is 8.58. The van der Waals surface area contributed by atoms with Crippen molar-refractivity contribution in [1.29, 1.82) is 0 Å². The van der Waals surface area contributed by atoms with Crippen LogP contribution in [0, 0.1) is 0 Å². The maximum Gasteiger partial charge on any atom is 0.119 e. The van der Waals surface area contributed by atoms with Gasteiger partial charge in [-0.05, 0) is 49.4 Å². The largest absolute Gasteiger partial charge is 0.494 e. The molecule has 88 valence electrons. The lowest BCUT2D eigenvalue weighted by molar-refractivity contribution is 0.316. The number of hydrogen-bond donors (Lipinski definition) is 1. The molecule has 0 spiro atoms. The number of ether oxygens (including phenoxy) is 1. The van der Waals surface area contributed by atoms with E-state index >= 15 is 0 Å². The van der Waals surface area contributed by atoms with E-state index < -0.39 is 0 Å². The first-order valence-corrected chi connectivity index (χ1v) is 6.33. The number of nitrogens with one attached hydrogen (secondary N) is 1. The lowest BCUT2D eigenvalue weighted by atomic mass is 9.92. The van der Waals surface area contributed by atoms with Crippen LogP contribution in [0.1, 0.15) is 37.7 Å². The quantitative estimate of drug-likeness (QED) is 0.840. The third kappa shape index (κ3) is 2.99. The Morgan fingerprint density at radius 1 is 1.44 bits per heavy atom. The summed E-state index contributed by atoms with van der Waals surface area (Å²) in [5.74, 6) is 1.68. The van der Waals surface area contributed by atoms with Crippen molar-refractivity contribution in [3.8, 4) is 5.75 Å². The highest BCUT2D eigenvalue weighted by molar-refractivity contribution is 5.31. The van der Waals surface area contributed by atoms with Gasteiger partial charge in [-0.2, -0.15) is 0 Å². The molecule has 1 atom stereocenters. The normalized spacial score (nSPS) is 20.7. The molecule has 0 bridgehead atoms. The number of hydrogen-bond acceptors (Lipinski definition) is 2. The van der Waals surface area contributed by atoms with Crippen LogP contribution < -0.4 is 10.1 Å². The maximum atomic E-state index is 5.67. The fourth-order valence-electron chi connectivity index (χ4n) is 2.21. The van der Waals surface area contributed by atoms with Crippen LogP contribution in [0.4, 0.5) is 0 Å². The number of piperidine rings is 1. The highest BCUT2D eigenvalue weighted by atomic mass is 16.5. The Balaban J connectivity index is 2.02. The number of rotatable bonds is 4. The van der Waals surface area contributed by atoms with Crippen molar-refractivity contribution in [3.05, 3.63) is 29.8 Å². The summed E-state index contributed by atoms with van der Waals surface area (Å²) in [7, 11) is 0. The van der Waals surface area contributed by atoms with Gasteiger partial charge < -0.3 is 10.1 Å². The molecule has 2 nitrogen and oxygen atoms in total. The van der Waals surface area contributed by atoms with Gasteiger partial charge in [-0.1, -0.05) is 19.1 Å². The molecule has 0 amide bonds. The zero-order chi connectivity index (χ0) is 11.2. The topological polar surface area (TPSA) is 21.3 Å². The molecule has 0 aromatic heterocycles. The smallest absolute Gasteiger partial charge is 0.119 e. The van der Waals surface area contributed by atoms with Gasteiger partial charge in [0.2, 0.25) is 0 Å². The molecule has 1 unspecified atom stereocenters. The van der Waals surface area contributed by atoms with E-state index in [0.717, 1.165) is 25.3 Å². The monoisotopic (exact) mass is 219 g/mol. The molecule has 1 aromatic rings. The third-order valence-electron chi connectivity index (χ3n) is 3.10. The van der Waals surface area contributed by atoms with Crippen molar-refractivity contribution in [1.82, 2.24) is 5.32 Å². The van der Waals surface area contributed by atoms with Crippen molar-refractivity contribution in [3.63, 3.8) is 0 Å². The Morgan fingerprint density at radius 2 is 2.38 bits per heavy atom. The van der Waals surface area contributed by atoms with E-state index in [1.54, 1.807) is 0 Å². The fraction of sp³-hybridized carbons (Fsp3) is 0.571. The van der Waals surface area contributed by atoms with Crippen molar-refractivity contribution in [2.45, 2.75) is 32.1 Å². The second-order valence-corrected chi connectivity index (χ2v) is 4.46. The van der Waals surface area contributed by atoms with Gasteiger partial charge in [0.05, 0.1) is 6.61 Å². The highest BCUT2D eigenvalue weighted by Gasteiger charge is 2.15. The summed E-state index contributed by atoms with van der Waals surface area (Å²) in [4.78, 5) is 0. The summed E-state index contributed by atoms with van der Waals surface area (Å²) < 4.78 is 5.67. The Bertz CT molecular complexity index is 318. The van der Waals surface area contributed by atoms with Crippen molar-refractivity contribution < 1.29 is 4.74 Å². The summed E-state index contributed by atoms with van der Waals surface area (Å²) in [6.07, 6.45) is 3.64. The summed E-state index contributed by atoms with van der Waals surface area (Å²) in [5, 5.41) is 3.46. The maximum absolute atomic E-state index is 5.67. The van der Waals surface area contributed by atoms with Gasteiger partial charge in [0.15, 0.2) is 0 Å². The van der Waals surface area contributed by atoms with Gasteiger partial charge in [-0.3, -0.25) is 0 Å². The molecular weight excluding hydrogens is 198 g/mol. The van der Waals surface area contributed by atoms with Crippen LogP contribution in [0.2, 0.25) is 0 Å². The van der Waals surface area contributed by atoms with Crippen LogP contribution in [0.25, 0.3) is 0 Å². The molecule has 0 saturated carbocycles. The predicted molar refractivity (Wildman–Crippen MR) is 67.1 cm³/mol. The Labute approximate surface area is 98.0 Å². The zero-order valence-corrected chi connectivity index (χ0v) is 10.0. The molecule has 1 N–H and O–H groups in total. The van der Waals surface area contributed by atoms with Crippen LogP contribution in [-0.2, 0) is 0 Å². The predicted octanol–water partition coefficient (Wildman–Crippen LogP) is 2.94. The molecule has 1 aliphatic rings. The Kier molecular flexibility index (Phi) is 4.23. The summed E-state index contributed by atoms with van der Waals surface area (Å²) >= 11 is 0. The average Bonchev–Trinajstić information content (AvgIpc) is 2.38. The van der Waals surface area contributed by atoms with Crippen LogP contribution in [0.3, 0.4) is 0 Å². The first-order valence-electron chi connectivity index (χ1n) is 6.33. The van der Waals surface area contributed by atoms with Crippen LogP contribution in [-0.4, -0.2) is 19.7 Å². The van der Waals surface area contributed by atoms with Crippen molar-refractivity contribution >= 4 is 0 Å². The molecule has 0 aliphatic carbocycles. The molecule has 2 heteroatoms. The fourth-order valence-corrected chi connectivity index (χ4v) is 2.21. The van der Waals surface area contributed by atoms with Crippen molar-refractivity contribution in [2.75, 3.05) is 19.7 Å². The molecule has 1 saturated heterocycles. The van der Waals surface area contributed by atoms with E-state index in [1.807, 2.05) is 0 Å². The Hall–Kier alpha value is -1.02. The second kappa shape index (κ2) is 5.90. The highest BCUT2D eigenvalue weighted by Crippen LogP contribution is 2.26. The zero-order valence-electron chi connectivity index (χ0n) is 10.0. The molecule has 1 fully saturated rings. The lowest BCUT2D eigenvalue weighted by Crippen LogP contribution is -2.28. The van der Waals surface area contributed by atoms with Crippen LogP contribution in [0.15, 0.2) is 24.3 Å². The van der Waals surface area contributed by atoms with Gasteiger partial charge in [-0.15, -0.1) is 0 Å². The van der Waals surface area contributed by atoms with E-state index in [0.29, 0.717) is 5.92 Å². The molecule has 0 radical (unpaired) electrons. The first kappa shape index (κ1) is 11.5.